The topological polar surface area (TPSA) is 47.7 Å². The monoisotopic (exact) mass is 258 g/mol. The Kier molecular flexibility index (Phi) is 7.15. The lowest BCUT2D eigenvalue weighted by atomic mass is 9.84. The molecule has 0 amide bonds. The third kappa shape index (κ3) is 3.92. The zero-order valence-corrected chi connectivity index (χ0v) is 12.3. The zero-order chi connectivity index (χ0) is 13.4. The summed E-state index contributed by atoms with van der Waals surface area (Å²) in [5.41, 5.74) is 6.21. The number of likely N-dealkylation sites (N-methyl/N-ethyl adjacent to an activating group) is 1. The van der Waals surface area contributed by atoms with E-state index in [1.54, 1.807) is 0 Å². The first kappa shape index (κ1) is 15.9. The Morgan fingerprint density at radius 1 is 1.39 bits per heavy atom. The van der Waals surface area contributed by atoms with Gasteiger partial charge < -0.3 is 15.2 Å². The Bertz CT molecular complexity index is 226. The van der Waals surface area contributed by atoms with E-state index in [0.717, 1.165) is 52.2 Å². The van der Waals surface area contributed by atoms with E-state index in [1.807, 2.05) is 6.92 Å². The average Bonchev–Trinajstić information content (AvgIpc) is 2.43. The first-order valence-electron chi connectivity index (χ1n) is 7.36. The van der Waals surface area contributed by atoms with Gasteiger partial charge in [0, 0.05) is 31.8 Å². The number of rotatable bonds is 8. The van der Waals surface area contributed by atoms with Crippen molar-refractivity contribution in [1.29, 1.82) is 0 Å². The second-order valence-corrected chi connectivity index (χ2v) is 5.06. The van der Waals surface area contributed by atoms with Gasteiger partial charge >= 0.3 is 0 Å². The van der Waals surface area contributed by atoms with Gasteiger partial charge in [-0.05, 0) is 32.7 Å². The van der Waals surface area contributed by atoms with E-state index in [9.17, 15) is 0 Å². The van der Waals surface area contributed by atoms with Crippen LogP contribution in [0.3, 0.4) is 0 Å². The van der Waals surface area contributed by atoms with E-state index < -0.39 is 0 Å². The summed E-state index contributed by atoms with van der Waals surface area (Å²) in [6.07, 6.45) is 3.54. The van der Waals surface area contributed by atoms with Crippen LogP contribution in [-0.2, 0) is 9.47 Å². The summed E-state index contributed by atoms with van der Waals surface area (Å²) in [6, 6.07) is 0. The van der Waals surface area contributed by atoms with Crippen molar-refractivity contribution >= 4 is 0 Å². The van der Waals surface area contributed by atoms with Crippen molar-refractivity contribution in [2.45, 2.75) is 51.7 Å². The van der Waals surface area contributed by atoms with Gasteiger partial charge in [-0.3, -0.25) is 4.90 Å². The van der Waals surface area contributed by atoms with E-state index in [1.165, 1.54) is 0 Å². The van der Waals surface area contributed by atoms with Crippen molar-refractivity contribution in [3.05, 3.63) is 0 Å². The van der Waals surface area contributed by atoms with Crippen molar-refractivity contribution in [3.63, 3.8) is 0 Å². The van der Waals surface area contributed by atoms with Gasteiger partial charge in [0.2, 0.25) is 0 Å². The highest BCUT2D eigenvalue weighted by Crippen LogP contribution is 2.31. The predicted octanol–water partition coefficient (Wildman–Crippen LogP) is 1.63. The van der Waals surface area contributed by atoms with Gasteiger partial charge in [-0.1, -0.05) is 13.8 Å². The number of nitrogens with two attached hydrogens (primary N) is 1. The number of nitrogens with zero attached hydrogens (tertiary/aromatic N) is 1. The largest absolute Gasteiger partial charge is 0.380 e. The van der Waals surface area contributed by atoms with Crippen LogP contribution in [0, 0.1) is 0 Å². The molecule has 0 saturated carbocycles. The van der Waals surface area contributed by atoms with Crippen LogP contribution in [-0.4, -0.2) is 56.0 Å². The Labute approximate surface area is 112 Å². The first-order valence-corrected chi connectivity index (χ1v) is 7.36. The summed E-state index contributed by atoms with van der Waals surface area (Å²) in [5.74, 6) is 0. The zero-order valence-electron chi connectivity index (χ0n) is 12.3. The van der Waals surface area contributed by atoms with Gasteiger partial charge in [-0.15, -0.1) is 0 Å². The molecule has 4 nitrogen and oxygen atoms in total. The van der Waals surface area contributed by atoms with Crippen LogP contribution >= 0.6 is 0 Å². The van der Waals surface area contributed by atoms with Gasteiger partial charge in [0.15, 0.2) is 0 Å². The summed E-state index contributed by atoms with van der Waals surface area (Å²) in [4.78, 5) is 2.49. The molecule has 0 bridgehead atoms. The highest BCUT2D eigenvalue weighted by Gasteiger charge is 2.39. The van der Waals surface area contributed by atoms with Crippen molar-refractivity contribution in [2.75, 3.05) is 39.5 Å². The molecule has 0 aromatic carbocycles. The minimum atomic E-state index is 0.116. The third-order valence-corrected chi connectivity index (χ3v) is 4.13. The molecule has 1 rings (SSSR count). The van der Waals surface area contributed by atoms with Crippen LogP contribution in [0.5, 0.6) is 0 Å². The van der Waals surface area contributed by atoms with Crippen LogP contribution in [0.4, 0.5) is 0 Å². The maximum absolute atomic E-state index is 6.10. The lowest BCUT2D eigenvalue weighted by Crippen LogP contribution is -2.59. The average molecular weight is 258 g/mol. The van der Waals surface area contributed by atoms with Crippen LogP contribution in [0.25, 0.3) is 0 Å². The fourth-order valence-electron chi connectivity index (χ4n) is 2.91. The molecule has 2 atom stereocenters. The molecule has 0 aliphatic carbocycles. The lowest BCUT2D eigenvalue weighted by molar-refractivity contribution is -0.0756. The molecule has 1 aliphatic rings. The summed E-state index contributed by atoms with van der Waals surface area (Å²) >= 11 is 0. The van der Waals surface area contributed by atoms with Crippen molar-refractivity contribution in [3.8, 4) is 0 Å². The standard InChI is InChI=1S/C14H30N2O2/c1-4-13-11-14(12-15,7-9-18-13)16(5-2)8-10-17-6-3/h13H,4-12,15H2,1-3H3. The summed E-state index contributed by atoms with van der Waals surface area (Å²) in [6.45, 7) is 11.6. The highest BCUT2D eigenvalue weighted by molar-refractivity contribution is 4.96. The number of ether oxygens (including phenoxy) is 2. The molecule has 4 heteroatoms. The second kappa shape index (κ2) is 8.10. The van der Waals surface area contributed by atoms with Crippen LogP contribution in [0.2, 0.25) is 0 Å². The maximum atomic E-state index is 6.10. The smallest absolute Gasteiger partial charge is 0.0593 e. The normalized spacial score (nSPS) is 28.8. The lowest BCUT2D eigenvalue weighted by Gasteiger charge is -2.47. The molecule has 1 saturated heterocycles. The molecular formula is C14H30N2O2. The summed E-state index contributed by atoms with van der Waals surface area (Å²) in [7, 11) is 0. The van der Waals surface area contributed by atoms with Gasteiger partial charge in [0.05, 0.1) is 12.7 Å². The molecule has 1 heterocycles. The van der Waals surface area contributed by atoms with Gasteiger partial charge in [0.25, 0.3) is 0 Å². The molecule has 108 valence electrons. The SMILES string of the molecule is CCOCCN(CC)C1(CN)CCOC(CC)C1. The van der Waals surface area contributed by atoms with Gasteiger partial charge in [0.1, 0.15) is 0 Å². The fourth-order valence-corrected chi connectivity index (χ4v) is 2.91. The minimum absolute atomic E-state index is 0.116. The molecule has 2 unspecified atom stereocenters. The van der Waals surface area contributed by atoms with E-state index >= 15 is 0 Å². The minimum Gasteiger partial charge on any atom is -0.380 e. The van der Waals surface area contributed by atoms with Crippen molar-refractivity contribution < 1.29 is 9.47 Å². The molecule has 1 fully saturated rings. The molecule has 2 N–H and O–H groups in total. The quantitative estimate of drug-likeness (QED) is 0.672. The molecule has 0 aromatic heterocycles. The second-order valence-electron chi connectivity index (χ2n) is 5.06. The van der Waals surface area contributed by atoms with Crippen LogP contribution in [0.1, 0.15) is 40.0 Å². The summed E-state index contributed by atoms with van der Waals surface area (Å²) < 4.78 is 11.3. The predicted molar refractivity (Wildman–Crippen MR) is 74.8 cm³/mol. The Balaban J connectivity index is 2.63. The van der Waals surface area contributed by atoms with E-state index in [2.05, 4.69) is 18.7 Å². The fraction of sp³-hybridized carbons (Fsp3) is 1.00. The van der Waals surface area contributed by atoms with Crippen molar-refractivity contribution in [1.82, 2.24) is 4.90 Å². The highest BCUT2D eigenvalue weighted by atomic mass is 16.5. The molecule has 0 radical (unpaired) electrons. The van der Waals surface area contributed by atoms with Crippen LogP contribution in [0.15, 0.2) is 0 Å². The van der Waals surface area contributed by atoms with Crippen LogP contribution < -0.4 is 5.73 Å². The molecule has 1 aliphatic heterocycles. The Hall–Kier alpha value is -0.160. The first-order chi connectivity index (χ1) is 8.72. The molecular weight excluding hydrogens is 228 g/mol. The van der Waals surface area contributed by atoms with E-state index in [-0.39, 0.29) is 5.54 Å². The number of hydrogen-bond donors (Lipinski definition) is 1. The van der Waals surface area contributed by atoms with Gasteiger partial charge in [-0.25, -0.2) is 0 Å². The van der Waals surface area contributed by atoms with E-state index in [0.29, 0.717) is 12.6 Å². The van der Waals surface area contributed by atoms with Crippen molar-refractivity contribution in [2.24, 2.45) is 5.73 Å². The summed E-state index contributed by atoms with van der Waals surface area (Å²) in [5, 5.41) is 0. The molecule has 0 spiro atoms. The third-order valence-electron chi connectivity index (χ3n) is 4.13. The molecule has 18 heavy (non-hydrogen) atoms. The van der Waals surface area contributed by atoms with E-state index in [4.69, 9.17) is 15.2 Å². The Morgan fingerprint density at radius 2 is 2.17 bits per heavy atom. The maximum Gasteiger partial charge on any atom is 0.0593 e. The number of hydrogen-bond acceptors (Lipinski definition) is 4. The molecule has 0 aromatic rings. The Morgan fingerprint density at radius 3 is 2.72 bits per heavy atom. The van der Waals surface area contributed by atoms with Gasteiger partial charge in [-0.2, -0.15) is 0 Å².